The quantitative estimate of drug-likeness (QED) is 0.565. The molecule has 1 amide bonds. The Morgan fingerprint density at radius 3 is 2.72 bits per heavy atom. The maximum atomic E-state index is 12.5. The molecule has 3 aromatic rings. The monoisotopic (exact) mass is 421 g/mol. The summed E-state index contributed by atoms with van der Waals surface area (Å²) in [6.07, 6.45) is 1.71. The smallest absolute Gasteiger partial charge is 0.387 e. The number of hydrogen-bond acceptors (Lipinski definition) is 4. The molecule has 0 aliphatic heterocycles. The topological polar surface area (TPSA) is 65.4 Å². The van der Waals surface area contributed by atoms with Crippen molar-refractivity contribution in [3.8, 4) is 11.5 Å². The van der Waals surface area contributed by atoms with Crippen molar-refractivity contribution in [2.75, 3.05) is 11.9 Å². The van der Waals surface area contributed by atoms with E-state index < -0.39 is 12.5 Å². The molecule has 1 aromatic heterocycles. The first-order valence-corrected chi connectivity index (χ1v) is 9.14. The summed E-state index contributed by atoms with van der Waals surface area (Å²) >= 11 is 6.15. The molecule has 0 bridgehead atoms. The third kappa shape index (κ3) is 5.45. The number of alkyl halides is 2. The summed E-state index contributed by atoms with van der Waals surface area (Å²) in [7, 11) is 0. The molecule has 0 unspecified atom stereocenters. The van der Waals surface area contributed by atoms with Gasteiger partial charge < -0.3 is 14.8 Å². The zero-order valence-corrected chi connectivity index (χ0v) is 16.2. The molecule has 29 heavy (non-hydrogen) atoms. The van der Waals surface area contributed by atoms with Crippen molar-refractivity contribution in [1.29, 1.82) is 0 Å². The summed E-state index contributed by atoms with van der Waals surface area (Å²) in [5, 5.41) is 7.59. The van der Waals surface area contributed by atoms with Gasteiger partial charge in [0.1, 0.15) is 0 Å². The highest BCUT2D eigenvalue weighted by Gasteiger charge is 2.15. The van der Waals surface area contributed by atoms with E-state index in [1.807, 2.05) is 18.2 Å². The first-order chi connectivity index (χ1) is 14.0. The van der Waals surface area contributed by atoms with E-state index in [0.29, 0.717) is 17.4 Å². The number of nitrogens with one attached hydrogen (secondary N) is 1. The number of halogens is 3. The lowest BCUT2D eigenvalue weighted by Crippen LogP contribution is -2.13. The van der Waals surface area contributed by atoms with Crippen LogP contribution in [0.15, 0.2) is 54.7 Å². The molecule has 3 rings (SSSR count). The first-order valence-electron chi connectivity index (χ1n) is 8.76. The summed E-state index contributed by atoms with van der Waals surface area (Å²) in [5.41, 5.74) is 1.11. The van der Waals surface area contributed by atoms with Crippen LogP contribution in [0.5, 0.6) is 11.5 Å². The first kappa shape index (κ1) is 20.6. The van der Waals surface area contributed by atoms with Crippen LogP contribution in [-0.4, -0.2) is 28.9 Å². The summed E-state index contributed by atoms with van der Waals surface area (Å²) in [4.78, 5) is 12.5. The van der Waals surface area contributed by atoms with Crippen LogP contribution >= 0.6 is 11.6 Å². The van der Waals surface area contributed by atoms with Crippen LogP contribution in [0.2, 0.25) is 5.02 Å². The predicted molar refractivity (Wildman–Crippen MR) is 105 cm³/mol. The van der Waals surface area contributed by atoms with Crippen LogP contribution in [0, 0.1) is 0 Å². The van der Waals surface area contributed by atoms with Gasteiger partial charge in [-0.3, -0.25) is 9.48 Å². The van der Waals surface area contributed by atoms with Gasteiger partial charge in [-0.2, -0.15) is 13.9 Å². The van der Waals surface area contributed by atoms with Crippen LogP contribution in [0.3, 0.4) is 0 Å². The molecule has 1 heterocycles. The highest BCUT2D eigenvalue weighted by Crippen LogP contribution is 2.30. The maximum Gasteiger partial charge on any atom is 0.387 e. The molecule has 0 atom stereocenters. The fourth-order valence-corrected chi connectivity index (χ4v) is 2.81. The highest BCUT2D eigenvalue weighted by atomic mass is 35.5. The fraction of sp³-hybridized carbons (Fsp3) is 0.200. The van der Waals surface area contributed by atoms with E-state index in [-0.39, 0.29) is 23.7 Å². The number of amides is 1. The molecule has 0 fully saturated rings. The molecule has 9 heteroatoms. The number of carbonyl (C=O) groups is 1. The van der Waals surface area contributed by atoms with Gasteiger partial charge in [-0.1, -0.05) is 29.8 Å². The van der Waals surface area contributed by atoms with Crippen molar-refractivity contribution >= 4 is 23.3 Å². The Morgan fingerprint density at radius 1 is 1.21 bits per heavy atom. The number of hydrogen-bond donors (Lipinski definition) is 1. The molecular weight excluding hydrogens is 404 g/mol. The van der Waals surface area contributed by atoms with Gasteiger partial charge in [0.2, 0.25) is 0 Å². The van der Waals surface area contributed by atoms with Crippen molar-refractivity contribution in [2.24, 2.45) is 0 Å². The van der Waals surface area contributed by atoms with Crippen LogP contribution in [-0.2, 0) is 6.54 Å². The lowest BCUT2D eigenvalue weighted by Gasteiger charge is -2.12. The Morgan fingerprint density at radius 2 is 2.00 bits per heavy atom. The van der Waals surface area contributed by atoms with Gasteiger partial charge in [0, 0.05) is 22.8 Å². The van der Waals surface area contributed by atoms with Crippen molar-refractivity contribution in [2.45, 2.75) is 20.1 Å². The number of carbonyl (C=O) groups excluding carboxylic acids is 1. The minimum Gasteiger partial charge on any atom is -0.490 e. The average Bonchev–Trinajstić information content (AvgIpc) is 3.11. The Hall–Kier alpha value is -3.13. The number of aromatic nitrogens is 2. The van der Waals surface area contributed by atoms with E-state index in [9.17, 15) is 13.6 Å². The van der Waals surface area contributed by atoms with E-state index in [2.05, 4.69) is 15.2 Å². The van der Waals surface area contributed by atoms with Gasteiger partial charge in [-0.25, -0.2) is 0 Å². The number of benzene rings is 2. The van der Waals surface area contributed by atoms with Crippen LogP contribution < -0.4 is 14.8 Å². The van der Waals surface area contributed by atoms with E-state index in [4.69, 9.17) is 16.3 Å². The maximum absolute atomic E-state index is 12.5. The van der Waals surface area contributed by atoms with E-state index in [1.54, 1.807) is 29.9 Å². The highest BCUT2D eigenvalue weighted by molar-refractivity contribution is 6.31. The van der Waals surface area contributed by atoms with Crippen molar-refractivity contribution < 1.29 is 23.0 Å². The molecule has 2 aromatic carbocycles. The van der Waals surface area contributed by atoms with Crippen molar-refractivity contribution in [1.82, 2.24) is 9.78 Å². The summed E-state index contributed by atoms with van der Waals surface area (Å²) < 4.78 is 36.3. The van der Waals surface area contributed by atoms with Crippen LogP contribution in [0.25, 0.3) is 0 Å². The zero-order chi connectivity index (χ0) is 20.8. The Labute approximate surface area is 171 Å². The van der Waals surface area contributed by atoms with E-state index >= 15 is 0 Å². The molecular formula is C20H18ClF2N3O3. The van der Waals surface area contributed by atoms with Gasteiger partial charge in [-0.15, -0.1) is 0 Å². The second kappa shape index (κ2) is 9.38. The largest absolute Gasteiger partial charge is 0.490 e. The van der Waals surface area contributed by atoms with Crippen LogP contribution in [0.1, 0.15) is 22.8 Å². The van der Waals surface area contributed by atoms with E-state index in [1.165, 1.54) is 18.2 Å². The Balaban J connectivity index is 1.71. The standard InChI is InChI=1S/C20H18ClF2N3O3/c1-2-28-17-11-13(7-8-16(17)29-20(22)23)19(27)24-18-9-10-26(25-18)12-14-5-3-4-6-15(14)21/h3-11,20H,2,12H2,1H3,(H,24,25,27). The molecule has 0 aliphatic rings. The second-order valence-electron chi connectivity index (χ2n) is 5.92. The minimum atomic E-state index is -2.99. The third-order valence-corrected chi connectivity index (χ3v) is 4.26. The molecule has 0 aliphatic carbocycles. The second-order valence-corrected chi connectivity index (χ2v) is 6.32. The molecule has 6 nitrogen and oxygen atoms in total. The Kier molecular flexibility index (Phi) is 6.66. The van der Waals surface area contributed by atoms with Gasteiger partial charge in [-0.05, 0) is 36.8 Å². The van der Waals surface area contributed by atoms with Gasteiger partial charge in [0.05, 0.1) is 13.2 Å². The lowest BCUT2D eigenvalue weighted by atomic mass is 10.2. The fourth-order valence-electron chi connectivity index (χ4n) is 2.62. The third-order valence-electron chi connectivity index (χ3n) is 3.89. The van der Waals surface area contributed by atoms with Crippen molar-refractivity contribution in [3.63, 3.8) is 0 Å². The molecule has 0 spiro atoms. The average molecular weight is 422 g/mol. The number of anilines is 1. The zero-order valence-electron chi connectivity index (χ0n) is 15.4. The molecule has 1 N–H and O–H groups in total. The lowest BCUT2D eigenvalue weighted by molar-refractivity contribution is -0.0514. The number of ether oxygens (including phenoxy) is 2. The normalized spacial score (nSPS) is 10.8. The van der Waals surface area contributed by atoms with Gasteiger partial charge >= 0.3 is 6.61 Å². The number of rotatable bonds is 8. The summed E-state index contributed by atoms with van der Waals surface area (Å²) in [6, 6.07) is 13.0. The Bertz CT molecular complexity index is 995. The van der Waals surface area contributed by atoms with E-state index in [0.717, 1.165) is 5.56 Å². The van der Waals surface area contributed by atoms with Crippen molar-refractivity contribution in [3.05, 3.63) is 70.9 Å². The molecule has 0 saturated carbocycles. The minimum absolute atomic E-state index is 0.0599. The van der Waals surface area contributed by atoms with Gasteiger partial charge in [0.25, 0.3) is 5.91 Å². The summed E-state index contributed by atoms with van der Waals surface area (Å²) in [5.74, 6) is -0.197. The predicted octanol–water partition coefficient (Wildman–Crippen LogP) is 4.84. The summed E-state index contributed by atoms with van der Waals surface area (Å²) in [6.45, 7) is -0.610. The SMILES string of the molecule is CCOc1cc(C(=O)Nc2ccn(Cc3ccccc3Cl)n2)ccc1OC(F)F. The van der Waals surface area contributed by atoms with Crippen LogP contribution in [0.4, 0.5) is 14.6 Å². The molecule has 0 radical (unpaired) electrons. The molecule has 0 saturated heterocycles. The van der Waals surface area contributed by atoms with Gasteiger partial charge in [0.15, 0.2) is 17.3 Å². The number of nitrogens with zero attached hydrogens (tertiary/aromatic N) is 2. The molecule has 152 valence electrons.